The molecule has 97 heavy (non-hydrogen) atoms. The minimum Gasteiger partial charge on any atom is -0.309 e. The van der Waals surface area contributed by atoms with E-state index in [-0.39, 0.29) is 38.9 Å². The summed E-state index contributed by atoms with van der Waals surface area (Å²) in [6.45, 7) is 35.5. The maximum Gasteiger partial charge on any atom is 0.0633 e. The number of hydrogen-bond donors (Lipinski definition) is 0. The Morgan fingerprint density at radius 1 is 0.299 bits per heavy atom. The van der Waals surface area contributed by atoms with Crippen molar-refractivity contribution in [2.75, 3.05) is 4.90 Å². The van der Waals surface area contributed by atoms with E-state index in [9.17, 15) is 0 Å². The van der Waals surface area contributed by atoms with Gasteiger partial charge in [0.15, 0.2) is 0 Å². The van der Waals surface area contributed by atoms with E-state index < -0.39 is 0 Å². The fraction of sp³-hybridized carbons (Fsp3) is 0.234. The lowest BCUT2D eigenvalue weighted by atomic mass is 9.64. The van der Waals surface area contributed by atoms with Crippen molar-refractivity contribution in [1.82, 2.24) is 4.57 Å². The summed E-state index contributed by atoms with van der Waals surface area (Å²) >= 11 is 1.93. The molecule has 0 N–H and O–H groups in total. The van der Waals surface area contributed by atoms with E-state index in [1.807, 2.05) is 11.3 Å². The zero-order chi connectivity index (χ0) is 67.4. The van der Waals surface area contributed by atoms with Gasteiger partial charge >= 0.3 is 0 Å². The quantitative estimate of drug-likeness (QED) is 0.154. The second-order valence-electron chi connectivity index (χ2n) is 32.9. The predicted octanol–water partition coefficient (Wildman–Crippen LogP) is 26.8. The monoisotopic (exact) mass is 1280 g/mol. The van der Waals surface area contributed by atoms with Crippen LogP contribution in [0.3, 0.4) is 0 Å². The van der Waals surface area contributed by atoms with Crippen LogP contribution in [0.25, 0.3) is 92.2 Å². The smallest absolute Gasteiger partial charge is 0.0633 e. The number of aromatic nitrogens is 1. The molecule has 0 amide bonds. The van der Waals surface area contributed by atoms with E-state index in [0.717, 1.165) is 5.69 Å². The second kappa shape index (κ2) is 22.5. The van der Waals surface area contributed by atoms with Crippen LogP contribution >= 0.6 is 11.3 Å². The molecule has 0 radical (unpaired) electrons. The number of thiophene rings is 1. The lowest BCUT2D eigenvalue weighted by molar-refractivity contribution is 0.569. The van der Waals surface area contributed by atoms with Gasteiger partial charge in [0.25, 0.3) is 0 Å². The lowest BCUT2D eigenvalue weighted by Gasteiger charge is -2.46. The second-order valence-corrected chi connectivity index (χ2v) is 34.0. The first-order valence-corrected chi connectivity index (χ1v) is 35.9. The van der Waals surface area contributed by atoms with Gasteiger partial charge in [-0.05, 0) is 182 Å². The summed E-state index contributed by atoms with van der Waals surface area (Å²) in [5.74, 6) is -0.278. The Morgan fingerprint density at radius 2 is 0.825 bits per heavy atom. The Morgan fingerprint density at radius 3 is 1.42 bits per heavy atom. The summed E-state index contributed by atoms with van der Waals surface area (Å²) in [7, 11) is 0. The SMILES string of the molecule is CC(C)(C)c1cc(-c2ccc3c(c2)C2c4ccc(-n5c6ccc(C(C)(C)C)cc6c6cc(C(C)(C)C)ccc65)cc4N(c4c(-c5ccccc5)cc5c(sc6ccccc65)c4-c4ccccc4)c4cc(C(C)(C)C)cc(c42)C3c2ccccc2-c2ccccc2)cc(C(C)(C)C)c1. The minimum atomic E-state index is -0.244. The number of anilines is 3. The van der Waals surface area contributed by atoms with Crippen LogP contribution in [0.15, 0.2) is 249 Å². The van der Waals surface area contributed by atoms with Crippen LogP contribution in [-0.4, -0.2) is 4.57 Å². The van der Waals surface area contributed by atoms with Gasteiger partial charge < -0.3 is 9.47 Å². The summed E-state index contributed by atoms with van der Waals surface area (Å²) in [6, 6.07) is 97.1. The van der Waals surface area contributed by atoms with Gasteiger partial charge in [-0.2, -0.15) is 0 Å². The Balaban J connectivity index is 1.09. The minimum absolute atomic E-state index is 0.0415. The third-order valence-corrected chi connectivity index (χ3v) is 22.5. The molecule has 12 aromatic carbocycles. The van der Waals surface area contributed by atoms with E-state index in [2.05, 4.69) is 362 Å². The average molecular weight is 1280 g/mol. The first kappa shape index (κ1) is 62.3. The molecular weight excluding hydrogens is 1190 g/mol. The highest BCUT2D eigenvalue weighted by Crippen LogP contribution is 2.64. The molecule has 1 aliphatic carbocycles. The molecule has 2 unspecified atom stereocenters. The van der Waals surface area contributed by atoms with Crippen molar-refractivity contribution in [2.45, 2.75) is 143 Å². The van der Waals surface area contributed by atoms with Crippen LogP contribution in [0.2, 0.25) is 0 Å². The molecule has 14 aromatic rings. The van der Waals surface area contributed by atoms with Gasteiger partial charge in [0, 0.05) is 59.6 Å². The van der Waals surface area contributed by atoms with Crippen LogP contribution in [0, 0.1) is 0 Å². The van der Waals surface area contributed by atoms with Crippen LogP contribution < -0.4 is 4.90 Å². The van der Waals surface area contributed by atoms with Crippen LogP contribution in [0.1, 0.15) is 177 Å². The van der Waals surface area contributed by atoms with Crippen LogP contribution in [0.4, 0.5) is 17.1 Å². The highest BCUT2D eigenvalue weighted by Gasteiger charge is 2.45. The van der Waals surface area contributed by atoms with Crippen molar-refractivity contribution in [3.05, 3.63) is 310 Å². The molecule has 1 aliphatic heterocycles. The van der Waals surface area contributed by atoms with Gasteiger partial charge in [-0.25, -0.2) is 0 Å². The highest BCUT2D eigenvalue weighted by atomic mass is 32.1. The number of hydrogen-bond acceptors (Lipinski definition) is 2. The fourth-order valence-electron chi connectivity index (χ4n) is 15.9. The van der Waals surface area contributed by atoms with Gasteiger partial charge in [-0.1, -0.05) is 292 Å². The first-order chi connectivity index (χ1) is 46.3. The Kier molecular flexibility index (Phi) is 14.5. The van der Waals surface area contributed by atoms with Crippen molar-refractivity contribution in [1.29, 1.82) is 0 Å². The fourth-order valence-corrected chi connectivity index (χ4v) is 17.1. The van der Waals surface area contributed by atoms with E-state index in [4.69, 9.17) is 0 Å². The molecule has 3 heterocycles. The normalized spacial score (nSPS) is 14.9. The van der Waals surface area contributed by atoms with Crippen molar-refractivity contribution in [3.8, 4) is 50.2 Å². The number of rotatable bonds is 7. The van der Waals surface area contributed by atoms with Crippen LogP contribution in [-0.2, 0) is 27.1 Å². The topological polar surface area (TPSA) is 8.17 Å². The number of fused-ring (bicyclic) bond motifs is 10. The first-order valence-electron chi connectivity index (χ1n) is 35.0. The molecular formula is C94H88N2S. The molecule has 480 valence electrons. The van der Waals surface area contributed by atoms with Crippen molar-refractivity contribution < 1.29 is 0 Å². The summed E-state index contributed by atoms with van der Waals surface area (Å²) in [5, 5.41) is 5.11. The number of benzene rings is 12. The van der Waals surface area contributed by atoms with E-state index >= 15 is 0 Å². The Bertz CT molecular complexity index is 5360. The zero-order valence-corrected chi connectivity index (χ0v) is 59.9. The van der Waals surface area contributed by atoms with Crippen LogP contribution in [0.5, 0.6) is 0 Å². The average Bonchev–Trinajstić information content (AvgIpc) is 1.09. The van der Waals surface area contributed by atoms with Gasteiger partial charge in [0.1, 0.15) is 0 Å². The molecule has 0 saturated heterocycles. The molecule has 16 rings (SSSR count). The molecule has 0 spiro atoms. The molecule has 3 heteroatoms. The van der Waals surface area contributed by atoms with Gasteiger partial charge in [0.05, 0.1) is 28.1 Å². The molecule has 0 bridgehead atoms. The van der Waals surface area contributed by atoms with Crippen molar-refractivity contribution in [3.63, 3.8) is 0 Å². The van der Waals surface area contributed by atoms with E-state index in [0.29, 0.717) is 0 Å². The molecule has 2 atom stereocenters. The van der Waals surface area contributed by atoms with Crippen molar-refractivity contribution >= 4 is 70.4 Å². The van der Waals surface area contributed by atoms with Gasteiger partial charge in [0.2, 0.25) is 0 Å². The molecule has 2 aromatic heterocycles. The maximum atomic E-state index is 2.79. The lowest BCUT2D eigenvalue weighted by Crippen LogP contribution is -2.30. The summed E-state index contributed by atoms with van der Waals surface area (Å²) in [4.78, 5) is 2.79. The third-order valence-electron chi connectivity index (χ3n) is 21.3. The zero-order valence-electron chi connectivity index (χ0n) is 59.1. The summed E-state index contributed by atoms with van der Waals surface area (Å²) < 4.78 is 5.15. The van der Waals surface area contributed by atoms with Crippen molar-refractivity contribution in [2.24, 2.45) is 0 Å². The maximum absolute atomic E-state index is 2.79. The molecule has 2 nitrogen and oxygen atoms in total. The third kappa shape index (κ3) is 10.5. The largest absolute Gasteiger partial charge is 0.309 e. The Hall–Kier alpha value is -9.54. The number of nitrogens with zero attached hydrogens (tertiary/aromatic N) is 2. The summed E-state index contributed by atoms with van der Waals surface area (Å²) in [5.41, 5.74) is 31.1. The molecule has 0 fully saturated rings. The standard InChI is InChI=1S/C94H88N2S/c1-90(2,3)62-40-45-79-74(51-62)75-52-63(91(4,5)6)41-46-80(75)95(79)67-42-44-72-81(55-67)96(88-73(58-31-21-17-22-32-58)56-77-69-36-27-28-38-83(69)97-89(77)84(88)59-33-23-18-24-34-59)82-54-66(94(13,14)15)53-78-85(70-37-26-25-35-68(70)57-29-19-16-20-30-57)71-43-39-60(49-76(71)86(72)87(78)82)61-47-64(92(7,8)9)50-65(48-61)93(10,11)12/h16-56,85-86H,1-15H3. The highest BCUT2D eigenvalue weighted by molar-refractivity contribution is 7.26. The summed E-state index contributed by atoms with van der Waals surface area (Å²) in [6.07, 6.45) is 0. The van der Waals surface area contributed by atoms with E-state index in [1.165, 1.54) is 165 Å². The Labute approximate surface area is 579 Å². The van der Waals surface area contributed by atoms with E-state index in [1.54, 1.807) is 0 Å². The molecule has 0 saturated carbocycles. The molecule has 2 aliphatic rings. The predicted molar refractivity (Wildman–Crippen MR) is 418 cm³/mol. The van der Waals surface area contributed by atoms with Gasteiger partial charge in [-0.3, -0.25) is 0 Å². The van der Waals surface area contributed by atoms with Gasteiger partial charge in [-0.15, -0.1) is 11.3 Å².